The summed E-state index contributed by atoms with van der Waals surface area (Å²) in [5.74, 6) is -0.136. The second-order valence-electron chi connectivity index (χ2n) is 3.90. The van der Waals surface area contributed by atoms with Crippen molar-refractivity contribution in [3.8, 4) is 5.75 Å². The van der Waals surface area contributed by atoms with Gasteiger partial charge >= 0.3 is 0 Å². The van der Waals surface area contributed by atoms with E-state index < -0.39 is 0 Å². The van der Waals surface area contributed by atoms with Gasteiger partial charge in [-0.15, -0.1) is 6.58 Å². The van der Waals surface area contributed by atoms with Gasteiger partial charge in [0.15, 0.2) is 5.11 Å². The van der Waals surface area contributed by atoms with Crippen molar-refractivity contribution in [1.82, 2.24) is 10.2 Å². The maximum atomic E-state index is 12.1. The zero-order valence-corrected chi connectivity index (χ0v) is 12.3. The number of phenolic OH excluding ortho intramolecular Hbond substituents is 1. The predicted molar refractivity (Wildman–Crippen MR) is 81.4 cm³/mol. The van der Waals surface area contributed by atoms with Crippen molar-refractivity contribution in [1.29, 1.82) is 0 Å². The van der Waals surface area contributed by atoms with Crippen molar-refractivity contribution in [3.63, 3.8) is 0 Å². The van der Waals surface area contributed by atoms with Crippen LogP contribution in [0.4, 0.5) is 0 Å². The molecule has 4 nitrogen and oxygen atoms in total. The lowest BCUT2D eigenvalue weighted by Crippen LogP contribution is -2.30. The van der Waals surface area contributed by atoms with Gasteiger partial charge in [-0.2, -0.15) is 0 Å². The molecule has 1 heterocycles. The summed E-state index contributed by atoms with van der Waals surface area (Å²) in [6.07, 6.45) is 3.17. The number of nitrogens with zero attached hydrogens (tertiary/aromatic N) is 1. The van der Waals surface area contributed by atoms with Crippen LogP contribution in [0.25, 0.3) is 6.08 Å². The number of aromatic hydroxyl groups is 1. The van der Waals surface area contributed by atoms with Crippen LogP contribution in [0.15, 0.2) is 41.0 Å². The number of halogens is 1. The number of carbonyl (C=O) groups excluding carboxylic acids is 1. The largest absolute Gasteiger partial charge is 0.507 e. The molecule has 1 aromatic rings. The fourth-order valence-electron chi connectivity index (χ4n) is 1.66. The molecule has 6 heteroatoms. The molecule has 0 atom stereocenters. The van der Waals surface area contributed by atoms with Gasteiger partial charge in [0.2, 0.25) is 0 Å². The van der Waals surface area contributed by atoms with Crippen LogP contribution in [0.5, 0.6) is 5.75 Å². The van der Waals surface area contributed by atoms with E-state index in [-0.39, 0.29) is 11.7 Å². The van der Waals surface area contributed by atoms with Gasteiger partial charge in [0.05, 0.1) is 0 Å². The minimum absolute atomic E-state index is 0.0957. The summed E-state index contributed by atoms with van der Waals surface area (Å²) in [5, 5.41) is 12.9. The molecule has 0 aromatic heterocycles. The van der Waals surface area contributed by atoms with Gasteiger partial charge in [0, 0.05) is 16.6 Å². The van der Waals surface area contributed by atoms with Gasteiger partial charge in [0.1, 0.15) is 11.4 Å². The quantitative estimate of drug-likeness (QED) is 0.504. The van der Waals surface area contributed by atoms with Crippen LogP contribution in [-0.2, 0) is 4.79 Å². The van der Waals surface area contributed by atoms with Crippen LogP contribution in [0.2, 0.25) is 0 Å². The summed E-state index contributed by atoms with van der Waals surface area (Å²) in [5.41, 5.74) is 0.869. The number of phenols is 1. The van der Waals surface area contributed by atoms with Crippen molar-refractivity contribution >= 4 is 45.2 Å². The second-order valence-corrected chi connectivity index (χ2v) is 5.20. The molecule has 2 rings (SSSR count). The van der Waals surface area contributed by atoms with Crippen LogP contribution < -0.4 is 5.32 Å². The zero-order valence-electron chi connectivity index (χ0n) is 9.89. The van der Waals surface area contributed by atoms with E-state index in [1.165, 1.54) is 4.90 Å². The fraction of sp³-hybridized carbons (Fsp3) is 0.0769. The van der Waals surface area contributed by atoms with Crippen molar-refractivity contribution in [2.75, 3.05) is 6.54 Å². The Balaban J connectivity index is 2.34. The Kier molecular flexibility index (Phi) is 4.01. The number of thiocarbonyl (C=S) groups is 1. The van der Waals surface area contributed by atoms with E-state index in [4.69, 9.17) is 12.2 Å². The normalized spacial score (nSPS) is 16.9. The average Bonchev–Trinajstić information content (AvgIpc) is 2.62. The topological polar surface area (TPSA) is 52.6 Å². The van der Waals surface area contributed by atoms with Crippen molar-refractivity contribution < 1.29 is 9.90 Å². The first-order valence-electron chi connectivity index (χ1n) is 5.47. The summed E-state index contributed by atoms with van der Waals surface area (Å²) in [7, 11) is 0. The number of hydrogen-bond acceptors (Lipinski definition) is 3. The molecule has 0 spiro atoms. The minimum Gasteiger partial charge on any atom is -0.507 e. The Bertz CT molecular complexity index is 598. The van der Waals surface area contributed by atoms with E-state index in [1.807, 2.05) is 0 Å². The van der Waals surface area contributed by atoms with E-state index in [0.717, 1.165) is 4.47 Å². The van der Waals surface area contributed by atoms with E-state index in [1.54, 1.807) is 30.4 Å². The molecule has 1 aromatic carbocycles. The van der Waals surface area contributed by atoms with Crippen molar-refractivity contribution in [3.05, 3.63) is 46.6 Å². The predicted octanol–water partition coefficient (Wildman–Crippen LogP) is 2.40. The summed E-state index contributed by atoms with van der Waals surface area (Å²) in [6, 6.07) is 4.99. The number of nitrogens with one attached hydrogen (secondary N) is 1. The minimum atomic E-state index is -0.232. The van der Waals surface area contributed by atoms with Crippen LogP contribution in [0, 0.1) is 0 Å². The molecule has 1 saturated heterocycles. The molecule has 1 amide bonds. The molecule has 0 bridgehead atoms. The molecular weight excluding hydrogens is 328 g/mol. The standard InChI is InChI=1S/C13H11BrN2O2S/c1-2-5-16-12(18)10(15-13(16)19)7-8-6-9(14)3-4-11(8)17/h2-4,6-7,17H,1,5H2,(H,15,19)/b10-7+. The SMILES string of the molecule is C=CCN1C(=O)/C(=C\c2cc(Br)ccc2O)NC1=S. The molecule has 98 valence electrons. The highest BCUT2D eigenvalue weighted by Crippen LogP contribution is 2.25. The summed E-state index contributed by atoms with van der Waals surface area (Å²) in [6.45, 7) is 3.93. The monoisotopic (exact) mass is 338 g/mol. The molecule has 0 saturated carbocycles. The van der Waals surface area contributed by atoms with Gasteiger partial charge in [-0.1, -0.05) is 22.0 Å². The zero-order chi connectivity index (χ0) is 14.0. The Hall–Kier alpha value is -1.66. The molecule has 1 fully saturated rings. The highest BCUT2D eigenvalue weighted by molar-refractivity contribution is 9.10. The van der Waals surface area contributed by atoms with E-state index >= 15 is 0 Å². The lowest BCUT2D eigenvalue weighted by molar-refractivity contribution is -0.122. The summed E-state index contributed by atoms with van der Waals surface area (Å²) < 4.78 is 0.813. The molecular formula is C13H11BrN2O2S. The maximum Gasteiger partial charge on any atom is 0.276 e. The van der Waals surface area contributed by atoms with Crippen LogP contribution in [-0.4, -0.2) is 27.6 Å². The first-order valence-corrected chi connectivity index (χ1v) is 6.67. The number of amides is 1. The van der Waals surface area contributed by atoms with E-state index in [2.05, 4.69) is 27.8 Å². The highest BCUT2D eigenvalue weighted by Gasteiger charge is 2.29. The summed E-state index contributed by atoms with van der Waals surface area (Å²) in [4.78, 5) is 13.5. The Morgan fingerprint density at radius 3 is 2.95 bits per heavy atom. The smallest absolute Gasteiger partial charge is 0.276 e. The fourth-order valence-corrected chi connectivity index (χ4v) is 2.31. The Labute approximate surface area is 124 Å². The van der Waals surface area contributed by atoms with Gasteiger partial charge in [-0.05, 0) is 36.5 Å². The first kappa shape index (κ1) is 13.8. The molecule has 2 N–H and O–H groups in total. The lowest BCUT2D eigenvalue weighted by atomic mass is 10.1. The van der Waals surface area contributed by atoms with Crippen molar-refractivity contribution in [2.45, 2.75) is 0 Å². The van der Waals surface area contributed by atoms with E-state index in [0.29, 0.717) is 22.9 Å². The summed E-state index contributed by atoms with van der Waals surface area (Å²) >= 11 is 8.38. The van der Waals surface area contributed by atoms with Crippen molar-refractivity contribution in [2.24, 2.45) is 0 Å². The van der Waals surface area contributed by atoms with Gasteiger partial charge in [0.25, 0.3) is 5.91 Å². The maximum absolute atomic E-state index is 12.1. The molecule has 1 aliphatic rings. The van der Waals surface area contributed by atoms with Gasteiger partial charge < -0.3 is 10.4 Å². The second kappa shape index (κ2) is 5.54. The third-order valence-electron chi connectivity index (χ3n) is 2.56. The molecule has 0 unspecified atom stereocenters. The number of benzene rings is 1. The number of rotatable bonds is 3. The molecule has 0 aliphatic carbocycles. The molecule has 19 heavy (non-hydrogen) atoms. The molecule has 0 radical (unpaired) electrons. The average molecular weight is 339 g/mol. The Morgan fingerprint density at radius 2 is 2.26 bits per heavy atom. The first-order chi connectivity index (χ1) is 9.02. The lowest BCUT2D eigenvalue weighted by Gasteiger charge is -2.09. The third kappa shape index (κ3) is 2.85. The Morgan fingerprint density at radius 1 is 1.53 bits per heavy atom. The van der Waals surface area contributed by atoms with Crippen LogP contribution in [0.3, 0.4) is 0 Å². The number of hydrogen-bond donors (Lipinski definition) is 2. The van der Waals surface area contributed by atoms with Crippen LogP contribution in [0.1, 0.15) is 5.56 Å². The van der Waals surface area contributed by atoms with Gasteiger partial charge in [-0.25, -0.2) is 0 Å². The third-order valence-corrected chi connectivity index (χ3v) is 3.38. The van der Waals surface area contributed by atoms with E-state index in [9.17, 15) is 9.90 Å². The van der Waals surface area contributed by atoms with Crippen LogP contribution >= 0.6 is 28.1 Å². The number of carbonyl (C=O) groups is 1. The molecule has 1 aliphatic heterocycles. The van der Waals surface area contributed by atoms with Gasteiger partial charge in [-0.3, -0.25) is 9.69 Å². The highest BCUT2D eigenvalue weighted by atomic mass is 79.9.